The average Bonchev–Trinajstić information content (AvgIpc) is 3.45. The van der Waals surface area contributed by atoms with E-state index in [-0.39, 0.29) is 5.91 Å². The van der Waals surface area contributed by atoms with Gasteiger partial charge in [-0.2, -0.15) is 0 Å². The lowest BCUT2D eigenvalue weighted by molar-refractivity contribution is -0.134. The van der Waals surface area contributed by atoms with Gasteiger partial charge in [0, 0.05) is 57.4 Å². The highest BCUT2D eigenvalue weighted by Crippen LogP contribution is 2.32. The quantitative estimate of drug-likeness (QED) is 0.757. The van der Waals surface area contributed by atoms with E-state index in [0.717, 1.165) is 76.3 Å². The zero-order chi connectivity index (χ0) is 19.3. The van der Waals surface area contributed by atoms with E-state index >= 15 is 0 Å². The van der Waals surface area contributed by atoms with Gasteiger partial charge < -0.3 is 15.0 Å². The van der Waals surface area contributed by atoms with Crippen LogP contribution in [0.25, 0.3) is 0 Å². The highest BCUT2D eigenvalue weighted by Gasteiger charge is 2.37. The monoisotopic (exact) mass is 405 g/mol. The summed E-state index contributed by atoms with van der Waals surface area (Å²) in [5.74, 6) is 0.710. The number of ether oxygens (including phenoxy) is 1. The summed E-state index contributed by atoms with van der Waals surface area (Å²) in [5, 5.41) is 5.01. The molecule has 4 rings (SSSR count). The first-order valence-electron chi connectivity index (χ1n) is 10.7. The molecular formula is C21H31N3O3S. The number of carbonyl (C=O) groups is 2. The van der Waals surface area contributed by atoms with Crippen molar-refractivity contribution in [2.24, 2.45) is 5.92 Å². The number of nitrogens with one attached hydrogen (secondary N) is 1. The van der Waals surface area contributed by atoms with Gasteiger partial charge in [0.05, 0.1) is 4.88 Å². The van der Waals surface area contributed by atoms with Crippen LogP contribution >= 0.6 is 11.3 Å². The van der Waals surface area contributed by atoms with Crippen molar-refractivity contribution in [2.45, 2.75) is 50.6 Å². The fourth-order valence-electron chi connectivity index (χ4n) is 4.48. The first kappa shape index (κ1) is 19.9. The van der Waals surface area contributed by atoms with Crippen molar-refractivity contribution in [2.75, 3.05) is 39.4 Å². The van der Waals surface area contributed by atoms with Gasteiger partial charge in [-0.05, 0) is 50.0 Å². The number of amides is 2. The molecule has 7 heteroatoms. The van der Waals surface area contributed by atoms with Crippen molar-refractivity contribution in [1.29, 1.82) is 0 Å². The summed E-state index contributed by atoms with van der Waals surface area (Å²) in [6, 6.07) is 4.78. The molecule has 0 radical (unpaired) electrons. The topological polar surface area (TPSA) is 61.9 Å². The van der Waals surface area contributed by atoms with Gasteiger partial charge in [0.25, 0.3) is 5.91 Å². The maximum atomic E-state index is 12.3. The highest BCUT2D eigenvalue weighted by molar-refractivity contribution is 7.12. The van der Waals surface area contributed by atoms with Gasteiger partial charge in [-0.15, -0.1) is 11.3 Å². The molecule has 1 aromatic rings. The van der Waals surface area contributed by atoms with E-state index in [1.807, 2.05) is 17.5 Å². The lowest BCUT2D eigenvalue weighted by Gasteiger charge is -2.43. The van der Waals surface area contributed by atoms with Gasteiger partial charge in [0.1, 0.15) is 0 Å². The molecule has 3 heterocycles. The number of nitrogens with zero attached hydrogens (tertiary/aromatic N) is 2. The third kappa shape index (κ3) is 4.93. The summed E-state index contributed by atoms with van der Waals surface area (Å²) < 4.78 is 5.56. The Hall–Kier alpha value is -1.44. The van der Waals surface area contributed by atoms with Crippen LogP contribution in [0.15, 0.2) is 17.5 Å². The normalized spacial score (nSPS) is 21.8. The Bertz CT molecular complexity index is 648. The summed E-state index contributed by atoms with van der Waals surface area (Å²) in [6.07, 6.45) is 6.34. The van der Waals surface area contributed by atoms with Gasteiger partial charge >= 0.3 is 0 Å². The maximum Gasteiger partial charge on any atom is 0.261 e. The Balaban J connectivity index is 1.31. The fraction of sp³-hybridized carbons (Fsp3) is 0.714. The van der Waals surface area contributed by atoms with Gasteiger partial charge in [-0.25, -0.2) is 0 Å². The van der Waals surface area contributed by atoms with Crippen LogP contribution in [-0.2, 0) is 9.53 Å². The Morgan fingerprint density at radius 3 is 2.46 bits per heavy atom. The van der Waals surface area contributed by atoms with Crippen LogP contribution < -0.4 is 5.32 Å². The Morgan fingerprint density at radius 2 is 1.82 bits per heavy atom. The molecule has 3 fully saturated rings. The lowest BCUT2D eigenvalue weighted by atomic mass is 9.97. The van der Waals surface area contributed by atoms with Crippen molar-refractivity contribution < 1.29 is 14.3 Å². The van der Waals surface area contributed by atoms with Crippen LogP contribution in [0.4, 0.5) is 0 Å². The fourth-order valence-corrected chi connectivity index (χ4v) is 5.12. The molecule has 1 N–H and O–H groups in total. The van der Waals surface area contributed by atoms with Crippen molar-refractivity contribution in [3.05, 3.63) is 22.4 Å². The SMILES string of the molecule is O=C(NCCN(C1CCOCC1)C1CCN(C(=O)C2CC2)CC1)c1cccs1. The number of rotatable bonds is 7. The second kappa shape index (κ2) is 9.37. The van der Waals surface area contributed by atoms with E-state index in [2.05, 4.69) is 15.1 Å². The van der Waals surface area contributed by atoms with Crippen molar-refractivity contribution >= 4 is 23.2 Å². The molecule has 1 aliphatic carbocycles. The summed E-state index contributed by atoms with van der Waals surface area (Å²) in [4.78, 5) is 30.0. The van der Waals surface area contributed by atoms with Gasteiger partial charge in [-0.1, -0.05) is 6.07 Å². The summed E-state index contributed by atoms with van der Waals surface area (Å²) in [5.41, 5.74) is 0. The number of likely N-dealkylation sites (tertiary alicyclic amines) is 1. The van der Waals surface area contributed by atoms with Crippen molar-refractivity contribution in [3.8, 4) is 0 Å². The third-order valence-electron chi connectivity index (χ3n) is 6.23. The van der Waals surface area contributed by atoms with Crippen LogP contribution in [0.3, 0.4) is 0 Å². The Kier molecular flexibility index (Phi) is 6.65. The van der Waals surface area contributed by atoms with E-state index in [9.17, 15) is 9.59 Å². The first-order chi connectivity index (χ1) is 13.7. The molecule has 2 aliphatic heterocycles. The maximum absolute atomic E-state index is 12.3. The molecule has 2 saturated heterocycles. The molecule has 3 aliphatic rings. The van der Waals surface area contributed by atoms with Gasteiger partial charge in [0.15, 0.2) is 0 Å². The minimum absolute atomic E-state index is 0.0202. The van der Waals surface area contributed by atoms with Crippen LogP contribution in [-0.4, -0.2) is 73.1 Å². The minimum atomic E-state index is 0.0202. The molecule has 2 amide bonds. The van der Waals surface area contributed by atoms with E-state index in [4.69, 9.17) is 4.74 Å². The van der Waals surface area contributed by atoms with Crippen molar-refractivity contribution in [3.63, 3.8) is 0 Å². The average molecular weight is 406 g/mol. The van der Waals surface area contributed by atoms with E-state index in [0.29, 0.717) is 30.5 Å². The number of piperidine rings is 1. The molecular weight excluding hydrogens is 374 g/mol. The zero-order valence-electron chi connectivity index (χ0n) is 16.5. The van der Waals surface area contributed by atoms with Crippen LogP contribution in [0.1, 0.15) is 48.2 Å². The number of hydrogen-bond donors (Lipinski definition) is 1. The molecule has 0 atom stereocenters. The lowest BCUT2D eigenvalue weighted by Crippen LogP contribution is -2.53. The summed E-state index contributed by atoms with van der Waals surface area (Å²) in [6.45, 7) is 4.92. The third-order valence-corrected chi connectivity index (χ3v) is 7.10. The van der Waals surface area contributed by atoms with Crippen LogP contribution in [0.2, 0.25) is 0 Å². The predicted molar refractivity (Wildman–Crippen MR) is 110 cm³/mol. The predicted octanol–water partition coefficient (Wildman–Crippen LogP) is 2.36. The van der Waals surface area contributed by atoms with Gasteiger partial charge in [0.2, 0.25) is 5.91 Å². The molecule has 1 saturated carbocycles. The van der Waals surface area contributed by atoms with Crippen molar-refractivity contribution in [1.82, 2.24) is 15.1 Å². The molecule has 0 spiro atoms. The van der Waals surface area contributed by atoms with E-state index < -0.39 is 0 Å². The van der Waals surface area contributed by atoms with E-state index in [1.165, 1.54) is 11.3 Å². The molecule has 0 aromatic carbocycles. The summed E-state index contributed by atoms with van der Waals surface area (Å²) >= 11 is 1.48. The first-order valence-corrected chi connectivity index (χ1v) is 11.5. The smallest absolute Gasteiger partial charge is 0.261 e. The minimum Gasteiger partial charge on any atom is -0.381 e. The summed E-state index contributed by atoms with van der Waals surface area (Å²) in [7, 11) is 0. The highest BCUT2D eigenvalue weighted by atomic mass is 32.1. The number of thiophene rings is 1. The molecule has 28 heavy (non-hydrogen) atoms. The molecule has 0 bridgehead atoms. The van der Waals surface area contributed by atoms with E-state index in [1.54, 1.807) is 0 Å². The molecule has 154 valence electrons. The van der Waals surface area contributed by atoms with Crippen LogP contribution in [0, 0.1) is 5.92 Å². The van der Waals surface area contributed by atoms with Gasteiger partial charge in [-0.3, -0.25) is 14.5 Å². The number of hydrogen-bond acceptors (Lipinski definition) is 5. The second-order valence-electron chi connectivity index (χ2n) is 8.15. The standard InChI is InChI=1S/C21H31N3O3S/c25-20(19-2-1-15-28-19)22-9-12-24(18-7-13-27-14-8-18)17-5-10-23(11-6-17)21(26)16-3-4-16/h1-2,15-18H,3-14H2,(H,22,25). The Labute approximate surface area is 171 Å². The molecule has 6 nitrogen and oxygen atoms in total. The largest absolute Gasteiger partial charge is 0.381 e. The van der Waals surface area contributed by atoms with Crippen LogP contribution in [0.5, 0.6) is 0 Å². The number of carbonyl (C=O) groups excluding carboxylic acids is 2. The Morgan fingerprint density at radius 1 is 1.11 bits per heavy atom. The second-order valence-corrected chi connectivity index (χ2v) is 9.09. The molecule has 0 unspecified atom stereocenters. The molecule has 1 aromatic heterocycles. The zero-order valence-corrected chi connectivity index (χ0v) is 17.3.